The minimum atomic E-state index is -0.233. The van der Waals surface area contributed by atoms with E-state index >= 15 is 0 Å². The van der Waals surface area contributed by atoms with Crippen molar-refractivity contribution in [2.45, 2.75) is 6.42 Å². The zero-order valence-electron chi connectivity index (χ0n) is 17.5. The highest BCUT2D eigenvalue weighted by Crippen LogP contribution is 2.53. The molecule has 2 aromatic carbocycles. The molecule has 6 heteroatoms. The number of nitrogens with zero attached hydrogens (tertiary/aromatic N) is 3. The van der Waals surface area contributed by atoms with Gasteiger partial charge in [-0.3, -0.25) is 24.3 Å². The van der Waals surface area contributed by atoms with Crippen molar-refractivity contribution < 1.29 is 14.4 Å². The molecule has 1 aromatic heterocycles. The second-order valence-electron chi connectivity index (χ2n) is 8.78. The Labute approximate surface area is 185 Å². The van der Waals surface area contributed by atoms with Gasteiger partial charge in [-0.05, 0) is 54.7 Å². The minimum Gasteiger partial charge on any atom is -0.309 e. The van der Waals surface area contributed by atoms with Gasteiger partial charge < -0.3 is 4.90 Å². The monoisotopic (exact) mass is 423 g/mol. The van der Waals surface area contributed by atoms with Crippen LogP contribution < -0.4 is 9.80 Å². The Morgan fingerprint density at radius 2 is 1.59 bits per heavy atom. The molecule has 0 radical (unpaired) electrons. The molecule has 3 aliphatic rings. The Hall–Kier alpha value is -3.80. The normalized spacial score (nSPS) is 25.6. The molecule has 6 nitrogen and oxygen atoms in total. The molecule has 0 N–H and O–H groups in total. The number of benzene rings is 2. The topological polar surface area (TPSA) is 70.6 Å². The number of amides is 3. The predicted octanol–water partition coefficient (Wildman–Crippen LogP) is 3.82. The van der Waals surface area contributed by atoms with Crippen molar-refractivity contribution in [1.82, 2.24) is 4.98 Å². The summed E-state index contributed by atoms with van der Waals surface area (Å²) in [5.74, 6) is -0.532. The molecule has 4 atom stereocenters. The van der Waals surface area contributed by atoms with Crippen molar-refractivity contribution in [1.29, 1.82) is 0 Å². The number of anilines is 2. The smallest absolute Gasteiger partial charge is 0.258 e. The van der Waals surface area contributed by atoms with Gasteiger partial charge in [0.05, 0.1) is 28.7 Å². The molecule has 2 bridgehead atoms. The van der Waals surface area contributed by atoms with Gasteiger partial charge in [0.1, 0.15) is 0 Å². The largest absolute Gasteiger partial charge is 0.309 e. The lowest BCUT2D eigenvalue weighted by Gasteiger charge is -2.20. The molecule has 2 fully saturated rings. The number of hydrogen-bond acceptors (Lipinski definition) is 4. The highest BCUT2D eigenvalue weighted by Gasteiger charge is 2.59. The summed E-state index contributed by atoms with van der Waals surface area (Å²) in [6.45, 7) is 0. The Bertz CT molecular complexity index is 1280. The van der Waals surface area contributed by atoms with E-state index in [1.807, 2.05) is 30.3 Å². The molecule has 1 saturated heterocycles. The fraction of sp³-hybridized carbons (Fsp3) is 0.231. The number of imide groups is 1. The highest BCUT2D eigenvalue weighted by atomic mass is 16.2. The van der Waals surface area contributed by atoms with E-state index in [1.54, 1.807) is 42.4 Å². The molecule has 158 valence electrons. The van der Waals surface area contributed by atoms with Crippen LogP contribution in [0.4, 0.5) is 11.4 Å². The van der Waals surface area contributed by atoms with E-state index in [0.717, 1.165) is 23.0 Å². The van der Waals surface area contributed by atoms with Crippen LogP contribution in [0.5, 0.6) is 0 Å². The zero-order valence-corrected chi connectivity index (χ0v) is 17.5. The van der Waals surface area contributed by atoms with Crippen LogP contribution in [-0.4, -0.2) is 29.8 Å². The van der Waals surface area contributed by atoms with Crippen LogP contribution in [0, 0.1) is 23.7 Å². The lowest BCUT2D eigenvalue weighted by molar-refractivity contribution is -0.123. The molecule has 1 aliphatic heterocycles. The first-order chi connectivity index (χ1) is 15.5. The van der Waals surface area contributed by atoms with E-state index in [1.165, 1.54) is 4.90 Å². The first-order valence-electron chi connectivity index (χ1n) is 10.8. The number of aromatic nitrogens is 1. The molecular weight excluding hydrogens is 402 g/mol. The van der Waals surface area contributed by atoms with Gasteiger partial charge in [-0.15, -0.1) is 0 Å². The van der Waals surface area contributed by atoms with Crippen LogP contribution in [-0.2, 0) is 9.59 Å². The van der Waals surface area contributed by atoms with Gasteiger partial charge in [-0.25, -0.2) is 0 Å². The van der Waals surface area contributed by atoms with Gasteiger partial charge in [0.2, 0.25) is 11.8 Å². The molecule has 0 spiro atoms. The van der Waals surface area contributed by atoms with E-state index in [4.69, 9.17) is 0 Å². The standard InChI is InChI=1S/C26H21N3O3/c1-28(20-6-2-4-15-5-3-13-27-23(15)20)24(30)16-9-11-19(12-10-16)29-25(31)21-17-7-8-18(14-17)22(21)26(29)32/h2-13,17-18,21-22H,14H2,1H3/t17-,18+,21-,22+. The molecule has 3 amide bonds. The van der Waals surface area contributed by atoms with Crippen molar-refractivity contribution in [3.05, 3.63) is 78.5 Å². The average molecular weight is 423 g/mol. The fourth-order valence-electron chi connectivity index (χ4n) is 5.57. The number of pyridine rings is 1. The summed E-state index contributed by atoms with van der Waals surface area (Å²) >= 11 is 0. The van der Waals surface area contributed by atoms with E-state index in [9.17, 15) is 14.4 Å². The summed E-state index contributed by atoms with van der Waals surface area (Å²) in [5, 5.41) is 0.958. The van der Waals surface area contributed by atoms with Crippen molar-refractivity contribution in [3.8, 4) is 0 Å². The van der Waals surface area contributed by atoms with Gasteiger partial charge in [-0.1, -0.05) is 30.4 Å². The Balaban J connectivity index is 1.27. The number of carbonyl (C=O) groups excluding carboxylic acids is 3. The number of allylic oxidation sites excluding steroid dienone is 2. The summed E-state index contributed by atoms with van der Waals surface area (Å²) < 4.78 is 0. The van der Waals surface area contributed by atoms with Crippen LogP contribution >= 0.6 is 0 Å². The van der Waals surface area contributed by atoms with Crippen LogP contribution in [0.2, 0.25) is 0 Å². The maximum absolute atomic E-state index is 13.1. The minimum absolute atomic E-state index is 0.116. The van der Waals surface area contributed by atoms with Crippen molar-refractivity contribution >= 4 is 40.0 Å². The van der Waals surface area contributed by atoms with E-state index in [0.29, 0.717) is 11.3 Å². The van der Waals surface area contributed by atoms with Crippen molar-refractivity contribution in [3.63, 3.8) is 0 Å². The summed E-state index contributed by atoms with van der Waals surface area (Å²) in [5.41, 5.74) is 2.48. The van der Waals surface area contributed by atoms with Crippen LogP contribution in [0.25, 0.3) is 10.9 Å². The first kappa shape index (κ1) is 18.9. The Morgan fingerprint density at radius 3 is 2.28 bits per heavy atom. The van der Waals surface area contributed by atoms with E-state index in [-0.39, 0.29) is 41.4 Å². The summed E-state index contributed by atoms with van der Waals surface area (Å²) in [7, 11) is 1.72. The number of hydrogen-bond donors (Lipinski definition) is 0. The third kappa shape index (κ3) is 2.59. The molecule has 6 rings (SSSR count). The van der Waals surface area contributed by atoms with Crippen LogP contribution in [0.3, 0.4) is 0 Å². The number of carbonyl (C=O) groups is 3. The highest BCUT2D eigenvalue weighted by molar-refractivity contribution is 6.23. The third-order valence-electron chi connectivity index (χ3n) is 7.12. The fourth-order valence-corrected chi connectivity index (χ4v) is 5.57. The second kappa shape index (κ2) is 6.85. The zero-order chi connectivity index (χ0) is 22.0. The molecular formula is C26H21N3O3. The molecule has 2 aliphatic carbocycles. The average Bonchev–Trinajstić information content (AvgIpc) is 3.51. The van der Waals surface area contributed by atoms with Crippen LogP contribution in [0.15, 0.2) is 72.9 Å². The number of fused-ring (bicyclic) bond motifs is 6. The van der Waals surface area contributed by atoms with Gasteiger partial charge in [0.25, 0.3) is 5.91 Å². The van der Waals surface area contributed by atoms with Crippen LogP contribution in [0.1, 0.15) is 16.8 Å². The van der Waals surface area contributed by atoms with Gasteiger partial charge in [0.15, 0.2) is 0 Å². The van der Waals surface area contributed by atoms with Crippen molar-refractivity contribution in [2.24, 2.45) is 23.7 Å². The predicted molar refractivity (Wildman–Crippen MR) is 121 cm³/mol. The SMILES string of the molecule is CN(C(=O)c1ccc(N2C(=O)[C@@H]3[C@H](C2=O)[C@@H]2C=C[C@H]3C2)cc1)c1cccc2cccnc12. The molecule has 1 saturated carbocycles. The Kier molecular flexibility index (Phi) is 4.05. The first-order valence-corrected chi connectivity index (χ1v) is 10.8. The third-order valence-corrected chi connectivity index (χ3v) is 7.12. The van der Waals surface area contributed by atoms with Gasteiger partial charge in [0, 0.05) is 24.2 Å². The number of rotatable bonds is 3. The lowest BCUT2D eigenvalue weighted by atomic mass is 9.85. The lowest BCUT2D eigenvalue weighted by Crippen LogP contribution is -2.33. The summed E-state index contributed by atoms with van der Waals surface area (Å²) in [6.07, 6.45) is 6.78. The van der Waals surface area contributed by atoms with E-state index < -0.39 is 0 Å². The molecule has 32 heavy (non-hydrogen) atoms. The Morgan fingerprint density at radius 1 is 0.938 bits per heavy atom. The second-order valence-corrected chi connectivity index (χ2v) is 8.78. The number of para-hydroxylation sites is 1. The van der Waals surface area contributed by atoms with Gasteiger partial charge in [-0.2, -0.15) is 0 Å². The van der Waals surface area contributed by atoms with Gasteiger partial charge >= 0.3 is 0 Å². The summed E-state index contributed by atoms with van der Waals surface area (Å²) in [6, 6.07) is 16.3. The summed E-state index contributed by atoms with van der Waals surface area (Å²) in [4.78, 5) is 46.5. The van der Waals surface area contributed by atoms with E-state index in [2.05, 4.69) is 17.1 Å². The molecule has 3 aromatic rings. The maximum Gasteiger partial charge on any atom is 0.258 e. The quantitative estimate of drug-likeness (QED) is 0.474. The molecule has 0 unspecified atom stereocenters. The molecule has 2 heterocycles. The van der Waals surface area contributed by atoms with Crippen molar-refractivity contribution in [2.75, 3.05) is 16.8 Å². The maximum atomic E-state index is 13.1.